The molecular weight excluding hydrogens is 128 g/mol. The zero-order valence-corrected chi connectivity index (χ0v) is 5.92. The Morgan fingerprint density at radius 2 is 2.50 bits per heavy atom. The van der Waals surface area contributed by atoms with Gasteiger partial charge in [0.05, 0.1) is 0 Å². The normalized spacial score (nSPS) is 24.9. The average Bonchev–Trinajstić information content (AvgIpc) is 2.34. The number of nitrogens with zero attached hydrogens (tertiary/aromatic N) is 1. The van der Waals surface area contributed by atoms with Crippen molar-refractivity contribution in [3.63, 3.8) is 0 Å². The topological polar surface area (TPSA) is 46.3 Å². The number of carbonyl (C=O) groups excluding carboxylic acids is 1. The van der Waals surface area contributed by atoms with Crippen molar-refractivity contribution in [1.29, 1.82) is 0 Å². The van der Waals surface area contributed by atoms with Gasteiger partial charge in [0.2, 0.25) is 5.91 Å². The Balaban J connectivity index is 2.44. The van der Waals surface area contributed by atoms with E-state index in [0.717, 1.165) is 13.0 Å². The smallest absolute Gasteiger partial charge is 0.246 e. The van der Waals surface area contributed by atoms with Gasteiger partial charge in [0.25, 0.3) is 0 Å². The Kier molecular flexibility index (Phi) is 2.06. The fourth-order valence-corrected chi connectivity index (χ4v) is 1.12. The zero-order chi connectivity index (χ0) is 7.56. The van der Waals surface area contributed by atoms with E-state index in [2.05, 4.69) is 6.58 Å². The van der Waals surface area contributed by atoms with Crippen molar-refractivity contribution < 1.29 is 4.79 Å². The minimum absolute atomic E-state index is 0.00653. The van der Waals surface area contributed by atoms with Gasteiger partial charge in [-0.05, 0) is 12.5 Å². The molecule has 0 unspecified atom stereocenters. The lowest BCUT2D eigenvalue weighted by Crippen LogP contribution is -2.30. The maximum absolute atomic E-state index is 10.9. The maximum Gasteiger partial charge on any atom is 0.246 e. The summed E-state index contributed by atoms with van der Waals surface area (Å²) < 4.78 is 0. The summed E-state index contributed by atoms with van der Waals surface area (Å²) in [6.07, 6.45) is 2.25. The predicted molar refractivity (Wildman–Crippen MR) is 39.4 cm³/mol. The van der Waals surface area contributed by atoms with Gasteiger partial charge in [-0.3, -0.25) is 4.79 Å². The highest BCUT2D eigenvalue weighted by atomic mass is 16.2. The van der Waals surface area contributed by atoms with E-state index in [1.54, 1.807) is 4.90 Å². The number of likely N-dealkylation sites (tertiary alicyclic amines) is 1. The molecule has 1 aliphatic heterocycles. The maximum atomic E-state index is 10.9. The van der Waals surface area contributed by atoms with Gasteiger partial charge in [-0.1, -0.05) is 6.58 Å². The summed E-state index contributed by atoms with van der Waals surface area (Å²) in [5.74, 6) is -0.00653. The molecular formula is C7H12N2O. The molecule has 1 saturated heterocycles. The summed E-state index contributed by atoms with van der Waals surface area (Å²) in [6.45, 7) is 4.87. The van der Waals surface area contributed by atoms with Crippen LogP contribution in [0.2, 0.25) is 0 Å². The van der Waals surface area contributed by atoms with E-state index < -0.39 is 0 Å². The van der Waals surface area contributed by atoms with Gasteiger partial charge < -0.3 is 10.6 Å². The standard InChI is InChI=1S/C7H12N2O/c1-2-7(10)9-4-3-6(8)5-9/h2,6H,1,3-5,8H2/t6-/m1/s1. The van der Waals surface area contributed by atoms with Crippen LogP contribution in [0.1, 0.15) is 6.42 Å². The van der Waals surface area contributed by atoms with Crippen LogP contribution in [0.3, 0.4) is 0 Å². The second kappa shape index (κ2) is 2.84. The first-order valence-electron chi connectivity index (χ1n) is 3.41. The molecule has 1 atom stereocenters. The lowest BCUT2D eigenvalue weighted by Gasteiger charge is -2.11. The number of rotatable bonds is 1. The molecule has 1 amide bonds. The summed E-state index contributed by atoms with van der Waals surface area (Å²) in [5, 5.41) is 0. The quantitative estimate of drug-likeness (QED) is 0.510. The van der Waals surface area contributed by atoms with Crippen LogP contribution in [0, 0.1) is 0 Å². The second-order valence-electron chi connectivity index (χ2n) is 2.54. The van der Waals surface area contributed by atoms with Crippen LogP contribution < -0.4 is 5.73 Å². The number of hydrogen-bond donors (Lipinski definition) is 1. The molecule has 1 heterocycles. The number of hydrogen-bond acceptors (Lipinski definition) is 2. The highest BCUT2D eigenvalue weighted by Crippen LogP contribution is 2.06. The molecule has 0 aromatic rings. The molecule has 3 heteroatoms. The SMILES string of the molecule is C=CC(=O)N1CC[C@@H](N)C1. The van der Waals surface area contributed by atoms with Crippen LogP contribution in [0.4, 0.5) is 0 Å². The van der Waals surface area contributed by atoms with Crippen LogP contribution in [0.25, 0.3) is 0 Å². The molecule has 1 aliphatic rings. The van der Waals surface area contributed by atoms with E-state index in [4.69, 9.17) is 5.73 Å². The largest absolute Gasteiger partial charge is 0.338 e. The Bertz CT molecular complexity index is 156. The molecule has 0 aromatic heterocycles. The monoisotopic (exact) mass is 140 g/mol. The molecule has 0 bridgehead atoms. The van der Waals surface area contributed by atoms with Gasteiger partial charge >= 0.3 is 0 Å². The van der Waals surface area contributed by atoms with Gasteiger partial charge in [-0.15, -0.1) is 0 Å². The number of nitrogens with two attached hydrogens (primary N) is 1. The number of amides is 1. The van der Waals surface area contributed by atoms with Crippen molar-refractivity contribution in [2.24, 2.45) is 5.73 Å². The molecule has 0 aliphatic carbocycles. The van der Waals surface area contributed by atoms with Gasteiger partial charge in [-0.2, -0.15) is 0 Å². The summed E-state index contributed by atoms with van der Waals surface area (Å²) >= 11 is 0. The highest BCUT2D eigenvalue weighted by molar-refractivity contribution is 5.87. The second-order valence-corrected chi connectivity index (χ2v) is 2.54. The Morgan fingerprint density at radius 3 is 2.90 bits per heavy atom. The lowest BCUT2D eigenvalue weighted by atomic mass is 10.3. The molecule has 0 radical (unpaired) electrons. The van der Waals surface area contributed by atoms with E-state index in [-0.39, 0.29) is 11.9 Å². The van der Waals surface area contributed by atoms with Crippen LogP contribution in [-0.2, 0) is 4.79 Å². The average molecular weight is 140 g/mol. The third-order valence-corrected chi connectivity index (χ3v) is 1.71. The van der Waals surface area contributed by atoms with Crippen LogP contribution in [0.5, 0.6) is 0 Å². The van der Waals surface area contributed by atoms with E-state index in [0.29, 0.717) is 6.54 Å². The molecule has 1 rings (SSSR count). The third-order valence-electron chi connectivity index (χ3n) is 1.71. The van der Waals surface area contributed by atoms with E-state index in [1.807, 2.05) is 0 Å². The van der Waals surface area contributed by atoms with Crippen LogP contribution >= 0.6 is 0 Å². The fraction of sp³-hybridized carbons (Fsp3) is 0.571. The summed E-state index contributed by atoms with van der Waals surface area (Å²) in [5.41, 5.74) is 5.59. The molecule has 3 nitrogen and oxygen atoms in total. The molecule has 56 valence electrons. The summed E-state index contributed by atoms with van der Waals surface area (Å²) in [4.78, 5) is 12.6. The van der Waals surface area contributed by atoms with Crippen LogP contribution in [-0.4, -0.2) is 29.9 Å². The fourth-order valence-electron chi connectivity index (χ4n) is 1.12. The van der Waals surface area contributed by atoms with Gasteiger partial charge in [0.1, 0.15) is 0 Å². The van der Waals surface area contributed by atoms with Crippen molar-refractivity contribution in [3.8, 4) is 0 Å². The van der Waals surface area contributed by atoms with E-state index >= 15 is 0 Å². The van der Waals surface area contributed by atoms with Crippen molar-refractivity contribution in [3.05, 3.63) is 12.7 Å². The molecule has 0 aromatic carbocycles. The highest BCUT2D eigenvalue weighted by Gasteiger charge is 2.21. The Labute approximate surface area is 60.5 Å². The minimum atomic E-state index is -0.00653. The molecule has 2 N–H and O–H groups in total. The van der Waals surface area contributed by atoms with Crippen LogP contribution in [0.15, 0.2) is 12.7 Å². The summed E-state index contributed by atoms with van der Waals surface area (Å²) in [7, 11) is 0. The molecule has 10 heavy (non-hydrogen) atoms. The van der Waals surface area contributed by atoms with E-state index in [1.165, 1.54) is 6.08 Å². The minimum Gasteiger partial charge on any atom is -0.338 e. The molecule has 0 spiro atoms. The Hall–Kier alpha value is -0.830. The van der Waals surface area contributed by atoms with Crippen molar-refractivity contribution in [2.75, 3.05) is 13.1 Å². The predicted octanol–water partition coefficient (Wildman–Crippen LogP) is -0.268. The first kappa shape index (κ1) is 7.28. The van der Waals surface area contributed by atoms with E-state index in [9.17, 15) is 4.79 Å². The zero-order valence-electron chi connectivity index (χ0n) is 5.92. The molecule has 1 fully saturated rings. The number of carbonyl (C=O) groups is 1. The Morgan fingerprint density at radius 1 is 1.80 bits per heavy atom. The van der Waals surface area contributed by atoms with Gasteiger partial charge in [0, 0.05) is 19.1 Å². The lowest BCUT2D eigenvalue weighted by molar-refractivity contribution is -0.125. The van der Waals surface area contributed by atoms with Gasteiger partial charge in [0.15, 0.2) is 0 Å². The van der Waals surface area contributed by atoms with Crippen molar-refractivity contribution >= 4 is 5.91 Å². The van der Waals surface area contributed by atoms with Crippen molar-refractivity contribution in [1.82, 2.24) is 4.90 Å². The summed E-state index contributed by atoms with van der Waals surface area (Å²) in [6, 6.07) is 0.170. The van der Waals surface area contributed by atoms with Crippen molar-refractivity contribution in [2.45, 2.75) is 12.5 Å². The molecule has 0 saturated carbocycles. The first-order chi connectivity index (χ1) is 4.74. The van der Waals surface area contributed by atoms with Gasteiger partial charge in [-0.25, -0.2) is 0 Å². The third kappa shape index (κ3) is 1.36. The first-order valence-corrected chi connectivity index (χ1v) is 3.41.